The van der Waals surface area contributed by atoms with Crippen molar-refractivity contribution >= 4 is 49.8 Å². The summed E-state index contributed by atoms with van der Waals surface area (Å²) in [4.78, 5) is 140. The highest BCUT2D eigenvalue weighted by Crippen LogP contribution is 2.46. The summed E-state index contributed by atoms with van der Waals surface area (Å²) in [7, 11) is -5.85. The molecule has 0 rings (SSSR count). The van der Waals surface area contributed by atoms with E-state index >= 15 is 14.4 Å². The molecule has 2 amide bonds. The van der Waals surface area contributed by atoms with E-state index in [1.807, 2.05) is 27.7 Å². The molecule has 139 heavy (non-hydrogen) atoms. The Hall–Kier alpha value is -3.72. The molecule has 0 bridgehead atoms. The van der Waals surface area contributed by atoms with Gasteiger partial charge >= 0.3 is 38.0 Å². The van der Waals surface area contributed by atoms with Crippen molar-refractivity contribution in [2.45, 2.75) is 632 Å². The lowest BCUT2D eigenvalue weighted by molar-refractivity contribution is -0.255. The number of rotatable bonds is 98. The molecular weight excluding hydrogens is 1780 g/mol. The van der Waals surface area contributed by atoms with Crippen LogP contribution in [0.3, 0.4) is 0 Å². The van der Waals surface area contributed by atoms with Crippen LogP contribution >= 0.6 is 8.17 Å². The Morgan fingerprint density at radius 3 is 0.899 bits per heavy atom. The lowest BCUT2D eigenvalue weighted by Gasteiger charge is -2.46. The minimum Gasteiger partial charge on any atom is -0.606 e. The second-order valence-electron chi connectivity index (χ2n) is 42.9. The molecule has 822 valence electrons. The van der Waals surface area contributed by atoms with Gasteiger partial charge in [0, 0.05) is 0 Å². The Morgan fingerprint density at radius 1 is 0.317 bits per heavy atom. The fourth-order valence-electron chi connectivity index (χ4n) is 18.9. The Morgan fingerprint density at radius 2 is 0.590 bits per heavy atom. The molecule has 0 aliphatic carbocycles. The Balaban J connectivity index is 8.86. The Labute approximate surface area is 848 Å². The second kappa shape index (κ2) is 85.2. The van der Waals surface area contributed by atoms with Gasteiger partial charge in [0.2, 0.25) is 11.8 Å². The first-order valence-electron chi connectivity index (χ1n) is 57.4. The molecule has 0 aliphatic heterocycles. The summed E-state index contributed by atoms with van der Waals surface area (Å²) in [6.07, 6.45) is 37.7. The average molecular weight is 2000 g/mol. The molecule has 0 aromatic rings. The van der Waals surface area contributed by atoms with Crippen LogP contribution in [0.4, 0.5) is 0 Å². The fraction of sp³-hybridized carbons (Fsp3) is 0.938. The molecular formula is C113H217N2O23P. The van der Waals surface area contributed by atoms with Crippen molar-refractivity contribution in [3.63, 3.8) is 0 Å². The molecule has 0 heterocycles. The maximum atomic E-state index is 15.8. The minimum absolute atomic E-state index is 0.190. The standard InChI is InChI=1S/C113H217N2O23P/c1-18-25-32-39-46-49-50-52-58-65-72-79-92(13)110(127)134-99(88(9)75-68-61-54-43-36-29-22-5)83-101(121)114-112(16,93(14)117)107(136-104(124)82-96(118)87(8)74-67-60-53-42-35-28-21-4)105(125)98(120)86-132-94(15)113(17,115-102(122)84-100(89(10)76-69-62-55-44-37-30-23-6)135-111(128)91(12)78-71-63-56-45-38-31-24-7)108(106(97(119)85-116)138-139(129,130)131)137-103(123)81-95(80-73-66-59-48-41-34-27-20-3)133-109(126)90(11)77-70-64-57-51-47-40-33-26-19-2/h87-100,105-108,116-120,125H,18-86H2,1-17H3,(H,114,121)(H,115,122)(H2,129,130,131)/t87?,88?,89?,90?,91?,92?,93?,94?,95?,96?,97?,98?,99?,100?,105?,106?,107?,108-,112?,113?/m0/s1. The molecule has 0 aromatic carbocycles. The van der Waals surface area contributed by atoms with Crippen molar-refractivity contribution in [3.05, 3.63) is 0 Å². The molecule has 0 radical (unpaired) electrons. The molecule has 26 heteroatoms. The Kier molecular flexibility index (Phi) is 83.0. The van der Waals surface area contributed by atoms with E-state index in [0.717, 1.165) is 289 Å². The maximum absolute atomic E-state index is 15.8. The highest BCUT2D eigenvalue weighted by Gasteiger charge is 2.55. The van der Waals surface area contributed by atoms with E-state index in [0.29, 0.717) is 44.9 Å². The maximum Gasteiger partial charge on any atom is 0.374 e. The lowest BCUT2D eigenvalue weighted by atomic mass is 9.82. The largest absolute Gasteiger partial charge is 0.606 e. The molecule has 0 saturated carbocycles. The molecule has 0 saturated heterocycles. The smallest absolute Gasteiger partial charge is 0.374 e. The van der Waals surface area contributed by atoms with E-state index < -0.39 is 203 Å². The third-order valence-electron chi connectivity index (χ3n) is 29.5. The van der Waals surface area contributed by atoms with Crippen LogP contribution in [0, 0.1) is 35.5 Å². The summed E-state index contributed by atoms with van der Waals surface area (Å²) < 4.78 is 43.8. The summed E-state index contributed by atoms with van der Waals surface area (Å²) >= 11 is 0. The van der Waals surface area contributed by atoms with Crippen molar-refractivity contribution in [1.29, 1.82) is 0 Å². The molecule has 25 nitrogen and oxygen atoms in total. The monoisotopic (exact) mass is 2000 g/mol. The number of phosphoric ester groups is 1. The first kappa shape index (κ1) is 135. The molecule has 20 atom stereocenters. The predicted molar refractivity (Wildman–Crippen MR) is 561 cm³/mol. The zero-order valence-electron chi connectivity index (χ0n) is 91.8. The van der Waals surface area contributed by atoms with Crippen LogP contribution in [0.5, 0.6) is 0 Å². The number of ether oxygens (including phenoxy) is 6. The summed E-state index contributed by atoms with van der Waals surface area (Å²) in [5.74, 6) is -8.28. The lowest BCUT2D eigenvalue weighted by Crippen LogP contribution is -2.69. The highest BCUT2D eigenvalue weighted by molar-refractivity contribution is 7.51. The number of amides is 2. The van der Waals surface area contributed by atoms with Crippen LogP contribution in [0.25, 0.3) is 0 Å². The topological polar surface area (TPSA) is 393 Å². The molecule has 0 spiro atoms. The quantitative estimate of drug-likeness (QED) is 0.0117. The van der Waals surface area contributed by atoms with E-state index in [9.17, 15) is 64.5 Å². The van der Waals surface area contributed by atoms with E-state index in [1.165, 1.54) is 91.9 Å². The second-order valence-corrected chi connectivity index (χ2v) is 44.1. The van der Waals surface area contributed by atoms with Gasteiger partial charge < -0.3 is 74.6 Å². The van der Waals surface area contributed by atoms with Gasteiger partial charge in [0.15, 0.2) is 18.3 Å². The normalized spacial score (nSPS) is 16.8. The van der Waals surface area contributed by atoms with Gasteiger partial charge in [-0.3, -0.25) is 33.6 Å². The van der Waals surface area contributed by atoms with E-state index in [2.05, 4.69) is 59.1 Å². The van der Waals surface area contributed by atoms with Crippen LogP contribution in [0.15, 0.2) is 0 Å². The van der Waals surface area contributed by atoms with Crippen LogP contribution < -0.4 is 15.5 Å². The molecule has 0 aliphatic rings. The summed E-state index contributed by atoms with van der Waals surface area (Å²) in [6, 6.07) is 0. The number of nitrogens with one attached hydrogen (secondary N) is 2. The number of aliphatic hydroxyl groups is 6. The van der Waals surface area contributed by atoms with Gasteiger partial charge in [0.1, 0.15) is 47.7 Å². The highest BCUT2D eigenvalue weighted by atomic mass is 31.2. The van der Waals surface area contributed by atoms with Crippen LogP contribution in [0.1, 0.15) is 548 Å². The van der Waals surface area contributed by atoms with E-state index in [4.69, 9.17) is 32.9 Å². The SMILES string of the molecule is CCCCCCCCCCCCCC(C)C(=O)OC(CC(=O)NC(C)(C(C)O)C(OC(=O)CC(O)C(C)CCCCCCCCC)C(O)C(O)COC(C)C(C)(NC(=O)CC(OC(=O)C(C)CCCCCCCCC)C(C)CCCCCCCCC)[C@@H](OC(=O)CC(CCCCCCCCCC)OC(=O)C(C)CCCCCCCCCCC)C(O[P+]([O-])(O)O)C(O)CO)C(C)CCCCCCCCC. The first-order chi connectivity index (χ1) is 66.4. The van der Waals surface area contributed by atoms with Crippen molar-refractivity contribution < 1.29 is 112 Å². The van der Waals surface area contributed by atoms with Gasteiger partial charge in [-0.05, 0) is 96.8 Å². The molecule has 10 N–H and O–H groups in total. The number of aliphatic hydroxyl groups excluding tert-OH is 6. The first-order valence-corrected chi connectivity index (χ1v) is 58.9. The zero-order chi connectivity index (χ0) is 104. The summed E-state index contributed by atoms with van der Waals surface area (Å²) in [5.41, 5.74) is -4.70. The molecule has 19 unspecified atom stereocenters. The van der Waals surface area contributed by atoms with Gasteiger partial charge in [-0.1, -0.05) is 443 Å². The summed E-state index contributed by atoms with van der Waals surface area (Å²) in [5, 5.41) is 78.6. The van der Waals surface area contributed by atoms with Crippen molar-refractivity contribution in [1.82, 2.24) is 10.6 Å². The number of phosphoric acid groups is 1. The van der Waals surface area contributed by atoms with Gasteiger partial charge in [-0.2, -0.15) is 14.3 Å². The zero-order valence-corrected chi connectivity index (χ0v) is 92.7. The third-order valence-corrected chi connectivity index (χ3v) is 30.0. The van der Waals surface area contributed by atoms with Gasteiger partial charge in [-0.25, -0.2) is 0 Å². The molecule has 0 fully saturated rings. The minimum atomic E-state index is -5.85. The number of esters is 5. The Bertz CT molecular complexity index is 2990. The number of hydrogen-bond acceptors (Lipinski definition) is 23. The van der Waals surface area contributed by atoms with Crippen molar-refractivity contribution in [3.8, 4) is 0 Å². The predicted octanol–water partition coefficient (Wildman–Crippen LogP) is 25.0. The van der Waals surface area contributed by atoms with Gasteiger partial charge in [0.05, 0.1) is 75.0 Å². The van der Waals surface area contributed by atoms with E-state index in [-0.39, 0.29) is 12.3 Å². The summed E-state index contributed by atoms with van der Waals surface area (Å²) in [6.45, 7) is 29.1. The van der Waals surface area contributed by atoms with E-state index in [1.54, 1.807) is 13.8 Å². The third kappa shape index (κ3) is 66.3. The van der Waals surface area contributed by atoms with Crippen LogP contribution in [0.2, 0.25) is 0 Å². The number of unbranched alkanes of at least 4 members (excludes halogenated alkanes) is 49. The fourth-order valence-corrected chi connectivity index (χ4v) is 19.5. The number of carbonyl (C=O) groups excluding carboxylic acids is 7. The van der Waals surface area contributed by atoms with Gasteiger partial charge in [-0.15, -0.1) is 0 Å². The van der Waals surface area contributed by atoms with Crippen molar-refractivity contribution in [2.24, 2.45) is 35.5 Å². The average Bonchev–Trinajstić information content (AvgIpc) is 0.774. The van der Waals surface area contributed by atoms with Crippen LogP contribution in [-0.2, 0) is 66.5 Å². The number of hydrogen-bond donors (Lipinski definition) is 10. The van der Waals surface area contributed by atoms with Crippen molar-refractivity contribution in [2.75, 3.05) is 13.2 Å². The van der Waals surface area contributed by atoms with Crippen LogP contribution in [-0.4, -0.2) is 180 Å². The van der Waals surface area contributed by atoms with Gasteiger partial charge in [0.25, 0.3) is 0 Å². The number of carbonyl (C=O) groups is 7. The molecule has 0 aromatic heterocycles.